The molecule has 2 fully saturated rings. The number of methoxy groups -OCH3 is 1. The molecule has 1 saturated carbocycles. The van der Waals surface area contributed by atoms with Crippen LogP contribution in [0.4, 0.5) is 4.79 Å². The van der Waals surface area contributed by atoms with E-state index in [4.69, 9.17) is 9.47 Å². The zero-order valence-corrected chi connectivity index (χ0v) is 12.0. The molecule has 1 saturated heterocycles. The summed E-state index contributed by atoms with van der Waals surface area (Å²) < 4.78 is 10.9. The standard InChI is InChI=1S/C14H26N2O3/c1-14(8-9-19-10-14)16-13(17)15-11-6-4-3-5-7-12(11)18-2/h11-12H,3-10H2,1-2H3,(H2,15,16,17). The molecule has 2 N–H and O–H groups in total. The van der Waals surface area contributed by atoms with E-state index in [1.807, 2.05) is 6.92 Å². The van der Waals surface area contributed by atoms with Gasteiger partial charge in [0.05, 0.1) is 24.3 Å². The van der Waals surface area contributed by atoms with Crippen molar-refractivity contribution in [2.24, 2.45) is 0 Å². The smallest absolute Gasteiger partial charge is 0.315 e. The predicted molar refractivity (Wildman–Crippen MR) is 73.2 cm³/mol. The van der Waals surface area contributed by atoms with Crippen molar-refractivity contribution in [1.82, 2.24) is 10.6 Å². The minimum atomic E-state index is -0.225. The number of urea groups is 1. The molecule has 0 bridgehead atoms. The number of ether oxygens (including phenoxy) is 2. The molecule has 3 unspecified atom stereocenters. The van der Waals surface area contributed by atoms with Crippen molar-refractivity contribution in [2.45, 2.75) is 63.1 Å². The maximum absolute atomic E-state index is 12.1. The molecule has 110 valence electrons. The van der Waals surface area contributed by atoms with E-state index in [1.54, 1.807) is 7.11 Å². The Morgan fingerprint density at radius 3 is 2.79 bits per heavy atom. The van der Waals surface area contributed by atoms with Crippen LogP contribution in [-0.4, -0.2) is 44.0 Å². The monoisotopic (exact) mass is 270 g/mol. The highest BCUT2D eigenvalue weighted by atomic mass is 16.5. The summed E-state index contributed by atoms with van der Waals surface area (Å²) in [6.07, 6.45) is 6.61. The van der Waals surface area contributed by atoms with Crippen LogP contribution in [0.3, 0.4) is 0 Å². The molecule has 0 aromatic carbocycles. The molecule has 2 amide bonds. The molecule has 0 aromatic rings. The van der Waals surface area contributed by atoms with Gasteiger partial charge >= 0.3 is 6.03 Å². The molecule has 2 rings (SSSR count). The molecular weight excluding hydrogens is 244 g/mol. The Kier molecular flexibility index (Phi) is 5.05. The van der Waals surface area contributed by atoms with Gasteiger partial charge in [-0.05, 0) is 26.2 Å². The van der Waals surface area contributed by atoms with Gasteiger partial charge < -0.3 is 20.1 Å². The van der Waals surface area contributed by atoms with Crippen molar-refractivity contribution in [3.63, 3.8) is 0 Å². The summed E-state index contributed by atoms with van der Waals surface area (Å²) in [5.41, 5.74) is -0.225. The summed E-state index contributed by atoms with van der Waals surface area (Å²) in [7, 11) is 1.73. The minimum Gasteiger partial charge on any atom is -0.379 e. The number of amides is 2. The molecular formula is C14H26N2O3. The van der Waals surface area contributed by atoms with E-state index in [0.717, 1.165) is 32.3 Å². The third kappa shape index (κ3) is 4.08. The van der Waals surface area contributed by atoms with Crippen LogP contribution in [-0.2, 0) is 9.47 Å². The van der Waals surface area contributed by atoms with Crippen LogP contribution in [0.15, 0.2) is 0 Å². The lowest BCUT2D eigenvalue weighted by atomic mass is 10.0. The number of carbonyl (C=O) groups excluding carboxylic acids is 1. The Balaban J connectivity index is 1.85. The molecule has 1 aliphatic heterocycles. The van der Waals surface area contributed by atoms with Gasteiger partial charge in [0.2, 0.25) is 0 Å². The number of rotatable bonds is 3. The van der Waals surface area contributed by atoms with Gasteiger partial charge in [-0.15, -0.1) is 0 Å². The van der Waals surface area contributed by atoms with Crippen LogP contribution in [0.25, 0.3) is 0 Å². The van der Waals surface area contributed by atoms with E-state index < -0.39 is 0 Å². The first-order chi connectivity index (χ1) is 9.13. The van der Waals surface area contributed by atoms with Gasteiger partial charge in [-0.25, -0.2) is 4.79 Å². The van der Waals surface area contributed by atoms with Crippen LogP contribution < -0.4 is 10.6 Å². The summed E-state index contributed by atoms with van der Waals surface area (Å²) in [5.74, 6) is 0. The highest BCUT2D eigenvalue weighted by Gasteiger charge is 2.32. The van der Waals surface area contributed by atoms with Crippen LogP contribution in [0.2, 0.25) is 0 Å². The lowest BCUT2D eigenvalue weighted by Gasteiger charge is -2.28. The van der Waals surface area contributed by atoms with E-state index in [1.165, 1.54) is 12.8 Å². The summed E-state index contributed by atoms with van der Waals surface area (Å²) in [4.78, 5) is 12.1. The summed E-state index contributed by atoms with van der Waals surface area (Å²) in [6, 6.07) is 0.0281. The fraction of sp³-hybridized carbons (Fsp3) is 0.929. The highest BCUT2D eigenvalue weighted by molar-refractivity contribution is 5.75. The van der Waals surface area contributed by atoms with Gasteiger partial charge in [-0.2, -0.15) is 0 Å². The van der Waals surface area contributed by atoms with Crippen LogP contribution in [0, 0.1) is 0 Å². The second kappa shape index (κ2) is 6.57. The van der Waals surface area contributed by atoms with E-state index >= 15 is 0 Å². The number of carbonyl (C=O) groups is 1. The van der Waals surface area contributed by atoms with Crippen LogP contribution >= 0.6 is 0 Å². The fourth-order valence-corrected chi connectivity index (χ4v) is 2.97. The largest absolute Gasteiger partial charge is 0.379 e. The van der Waals surface area contributed by atoms with Crippen molar-refractivity contribution in [3.05, 3.63) is 0 Å². The van der Waals surface area contributed by atoms with Crippen molar-refractivity contribution >= 4 is 6.03 Å². The minimum absolute atomic E-state index is 0.0954. The number of hydrogen-bond donors (Lipinski definition) is 2. The molecule has 3 atom stereocenters. The maximum atomic E-state index is 12.1. The Hall–Kier alpha value is -0.810. The maximum Gasteiger partial charge on any atom is 0.315 e. The normalized spacial score (nSPS) is 35.7. The number of hydrogen-bond acceptors (Lipinski definition) is 3. The van der Waals surface area contributed by atoms with Crippen molar-refractivity contribution in [2.75, 3.05) is 20.3 Å². The Morgan fingerprint density at radius 2 is 2.11 bits per heavy atom. The summed E-state index contributed by atoms with van der Waals surface area (Å²) >= 11 is 0. The van der Waals surface area contributed by atoms with E-state index in [0.29, 0.717) is 6.61 Å². The molecule has 2 aliphatic rings. The Bertz CT molecular complexity index is 303. The predicted octanol–water partition coefficient (Wildman–Crippen LogP) is 1.81. The lowest BCUT2D eigenvalue weighted by Crippen LogP contribution is -2.55. The van der Waals surface area contributed by atoms with Crippen LogP contribution in [0.5, 0.6) is 0 Å². The summed E-state index contributed by atoms with van der Waals surface area (Å²) in [6.45, 7) is 3.35. The van der Waals surface area contributed by atoms with Crippen molar-refractivity contribution < 1.29 is 14.3 Å². The number of nitrogens with one attached hydrogen (secondary N) is 2. The second-order valence-corrected chi connectivity index (χ2v) is 5.98. The van der Waals surface area contributed by atoms with E-state index in [9.17, 15) is 4.79 Å². The first-order valence-corrected chi connectivity index (χ1v) is 7.32. The molecule has 1 heterocycles. The Labute approximate surface area is 115 Å². The zero-order chi connectivity index (χ0) is 13.7. The average Bonchev–Trinajstić information content (AvgIpc) is 2.66. The SMILES string of the molecule is COC1CCCCCC1NC(=O)NC1(C)CCOC1. The summed E-state index contributed by atoms with van der Waals surface area (Å²) in [5, 5.41) is 6.12. The quantitative estimate of drug-likeness (QED) is 0.769. The molecule has 5 heteroatoms. The lowest BCUT2D eigenvalue weighted by molar-refractivity contribution is 0.0654. The first-order valence-electron chi connectivity index (χ1n) is 7.32. The molecule has 0 spiro atoms. The average molecular weight is 270 g/mol. The molecule has 5 nitrogen and oxygen atoms in total. The van der Waals surface area contributed by atoms with Gasteiger partial charge in [0.25, 0.3) is 0 Å². The zero-order valence-electron chi connectivity index (χ0n) is 12.0. The molecule has 0 aromatic heterocycles. The van der Waals surface area contributed by atoms with Crippen molar-refractivity contribution in [3.8, 4) is 0 Å². The molecule has 0 radical (unpaired) electrons. The third-order valence-electron chi connectivity index (χ3n) is 4.21. The van der Waals surface area contributed by atoms with Gasteiger partial charge in [0.15, 0.2) is 0 Å². The molecule has 19 heavy (non-hydrogen) atoms. The van der Waals surface area contributed by atoms with Gasteiger partial charge in [-0.3, -0.25) is 0 Å². The van der Waals surface area contributed by atoms with Crippen molar-refractivity contribution in [1.29, 1.82) is 0 Å². The van der Waals surface area contributed by atoms with Crippen LogP contribution in [0.1, 0.15) is 45.4 Å². The fourth-order valence-electron chi connectivity index (χ4n) is 2.97. The topological polar surface area (TPSA) is 59.6 Å². The van der Waals surface area contributed by atoms with Gasteiger partial charge in [0, 0.05) is 13.7 Å². The van der Waals surface area contributed by atoms with E-state index in [-0.39, 0.29) is 23.7 Å². The van der Waals surface area contributed by atoms with Gasteiger partial charge in [-0.1, -0.05) is 19.3 Å². The second-order valence-electron chi connectivity index (χ2n) is 5.98. The highest BCUT2D eigenvalue weighted by Crippen LogP contribution is 2.21. The third-order valence-corrected chi connectivity index (χ3v) is 4.21. The molecule has 1 aliphatic carbocycles. The Morgan fingerprint density at radius 1 is 1.32 bits per heavy atom. The first kappa shape index (κ1) is 14.6. The van der Waals surface area contributed by atoms with E-state index in [2.05, 4.69) is 10.6 Å². The van der Waals surface area contributed by atoms with Gasteiger partial charge in [0.1, 0.15) is 0 Å².